The fourth-order valence-corrected chi connectivity index (χ4v) is 2.70. The monoisotopic (exact) mass is 314 g/mol. The summed E-state index contributed by atoms with van der Waals surface area (Å²) in [4.78, 5) is 3.81. The van der Waals surface area contributed by atoms with E-state index in [1.807, 2.05) is 6.92 Å². The largest absolute Gasteiger partial charge is 0.444 e. The molecule has 21 heavy (non-hydrogen) atoms. The molecular weight excluding hydrogens is 299 g/mol. The van der Waals surface area contributed by atoms with Crippen LogP contribution in [0.4, 0.5) is 4.39 Å². The highest BCUT2D eigenvalue weighted by Crippen LogP contribution is 2.15. The van der Waals surface area contributed by atoms with Crippen LogP contribution in [0, 0.1) is 5.82 Å². The second kappa shape index (κ2) is 6.33. The normalized spacial score (nSPS) is 11.8. The number of hydrogen-bond donors (Lipinski definition) is 2. The molecule has 0 saturated carbocycles. The Morgan fingerprint density at radius 2 is 2.19 bits per heavy atom. The Morgan fingerprint density at radius 1 is 1.43 bits per heavy atom. The third kappa shape index (κ3) is 3.66. The molecule has 0 amide bonds. The van der Waals surface area contributed by atoms with Gasteiger partial charge in [0.15, 0.2) is 0 Å². The van der Waals surface area contributed by atoms with Crippen molar-refractivity contribution in [2.45, 2.75) is 31.4 Å². The van der Waals surface area contributed by atoms with Gasteiger partial charge in [-0.3, -0.25) is 0 Å². The van der Waals surface area contributed by atoms with E-state index in [1.165, 1.54) is 6.20 Å². The van der Waals surface area contributed by atoms with E-state index in [-0.39, 0.29) is 22.9 Å². The summed E-state index contributed by atoms with van der Waals surface area (Å²) < 4.78 is 45.0. The molecule has 0 aliphatic rings. The zero-order chi connectivity index (χ0) is 15.5. The Hall–Kier alpha value is -1.77. The van der Waals surface area contributed by atoms with Crippen molar-refractivity contribution >= 4 is 10.0 Å². The molecule has 0 unspecified atom stereocenters. The number of aromatic nitrogens is 1. The number of aliphatic hydroxyl groups excluding tert-OH is 1. The van der Waals surface area contributed by atoms with Gasteiger partial charge in [-0.25, -0.2) is 22.5 Å². The molecule has 0 spiro atoms. The maximum absolute atomic E-state index is 13.3. The minimum absolute atomic E-state index is 0.0812. The van der Waals surface area contributed by atoms with Crippen LogP contribution in [-0.2, 0) is 29.6 Å². The van der Waals surface area contributed by atoms with Crippen LogP contribution in [0.15, 0.2) is 33.7 Å². The van der Waals surface area contributed by atoms with E-state index >= 15 is 0 Å². The summed E-state index contributed by atoms with van der Waals surface area (Å²) in [6.07, 6.45) is 2.20. The van der Waals surface area contributed by atoms with Gasteiger partial charge in [0.1, 0.15) is 11.6 Å². The fourth-order valence-electron chi connectivity index (χ4n) is 1.67. The van der Waals surface area contributed by atoms with Crippen molar-refractivity contribution in [1.29, 1.82) is 0 Å². The number of nitrogens with zero attached hydrogens (tertiary/aromatic N) is 1. The number of aryl methyl sites for hydroxylation is 1. The summed E-state index contributed by atoms with van der Waals surface area (Å²) in [6.45, 7) is 1.21. The molecule has 2 aromatic rings. The van der Waals surface area contributed by atoms with Crippen LogP contribution in [0.5, 0.6) is 0 Å². The van der Waals surface area contributed by atoms with Gasteiger partial charge in [0, 0.05) is 12.0 Å². The zero-order valence-corrected chi connectivity index (χ0v) is 12.2. The second-order valence-corrected chi connectivity index (χ2v) is 6.08. The predicted octanol–water partition coefficient (Wildman–Crippen LogP) is 1.35. The van der Waals surface area contributed by atoms with Gasteiger partial charge in [-0.05, 0) is 18.2 Å². The highest BCUT2D eigenvalue weighted by Gasteiger charge is 2.17. The zero-order valence-electron chi connectivity index (χ0n) is 11.3. The van der Waals surface area contributed by atoms with Crippen LogP contribution in [0.2, 0.25) is 0 Å². The molecule has 2 rings (SSSR count). The van der Waals surface area contributed by atoms with Gasteiger partial charge in [-0.15, -0.1) is 0 Å². The van der Waals surface area contributed by atoms with E-state index in [9.17, 15) is 12.8 Å². The molecule has 2 N–H and O–H groups in total. The molecule has 0 saturated heterocycles. The predicted molar refractivity (Wildman–Crippen MR) is 72.2 cm³/mol. The van der Waals surface area contributed by atoms with Crippen LogP contribution in [0.3, 0.4) is 0 Å². The summed E-state index contributed by atoms with van der Waals surface area (Å²) in [5.41, 5.74) is -0.0812. The number of aliphatic hydroxyl groups is 1. The first-order valence-electron chi connectivity index (χ1n) is 6.28. The first-order chi connectivity index (χ1) is 9.96. The molecule has 0 radical (unpaired) electrons. The summed E-state index contributed by atoms with van der Waals surface area (Å²) in [6, 6.07) is 3.22. The second-order valence-electron chi connectivity index (χ2n) is 4.31. The Bertz CT molecular complexity index is 728. The van der Waals surface area contributed by atoms with Crippen LogP contribution >= 0.6 is 0 Å². The fraction of sp³-hybridized carbons (Fsp3) is 0.308. The molecular formula is C13H15FN2O4S. The minimum Gasteiger partial charge on any atom is -0.444 e. The van der Waals surface area contributed by atoms with E-state index in [2.05, 4.69) is 9.71 Å². The maximum Gasteiger partial charge on any atom is 0.241 e. The minimum atomic E-state index is -3.83. The van der Waals surface area contributed by atoms with Gasteiger partial charge in [-0.1, -0.05) is 6.92 Å². The Kier molecular flexibility index (Phi) is 4.71. The standard InChI is InChI=1S/C13H15FN2O4S/c1-2-10-6-15-13(20-10)7-16-21(18,19)11-3-4-12(14)9(5-11)8-17/h3-6,16-17H,2,7-8H2,1H3. The highest BCUT2D eigenvalue weighted by molar-refractivity contribution is 7.89. The summed E-state index contributed by atoms with van der Waals surface area (Å²) in [7, 11) is -3.83. The lowest BCUT2D eigenvalue weighted by Crippen LogP contribution is -2.23. The van der Waals surface area contributed by atoms with Crippen molar-refractivity contribution in [3.8, 4) is 0 Å². The van der Waals surface area contributed by atoms with Gasteiger partial charge < -0.3 is 9.52 Å². The number of benzene rings is 1. The average Bonchev–Trinajstić information content (AvgIpc) is 2.93. The van der Waals surface area contributed by atoms with E-state index in [1.54, 1.807) is 0 Å². The third-order valence-corrected chi connectivity index (χ3v) is 4.26. The molecule has 8 heteroatoms. The van der Waals surface area contributed by atoms with Crippen molar-refractivity contribution in [1.82, 2.24) is 9.71 Å². The SMILES string of the molecule is CCc1cnc(CNS(=O)(=O)c2ccc(F)c(CO)c2)o1. The van der Waals surface area contributed by atoms with Gasteiger partial charge in [0.25, 0.3) is 0 Å². The van der Waals surface area contributed by atoms with Crippen LogP contribution < -0.4 is 4.72 Å². The van der Waals surface area contributed by atoms with Crippen molar-refractivity contribution < 1.29 is 22.3 Å². The van der Waals surface area contributed by atoms with E-state index in [0.717, 1.165) is 18.2 Å². The number of oxazole rings is 1. The first-order valence-corrected chi connectivity index (χ1v) is 7.77. The first kappa shape index (κ1) is 15.6. The molecule has 1 aromatic heterocycles. The average molecular weight is 314 g/mol. The van der Waals surface area contributed by atoms with Crippen LogP contribution in [-0.4, -0.2) is 18.5 Å². The summed E-state index contributed by atoms with van der Waals surface area (Å²) in [5, 5.41) is 8.97. The Morgan fingerprint density at radius 3 is 2.81 bits per heavy atom. The highest BCUT2D eigenvalue weighted by atomic mass is 32.2. The number of nitrogens with one attached hydrogen (secondary N) is 1. The number of hydrogen-bond acceptors (Lipinski definition) is 5. The Balaban J connectivity index is 2.14. The summed E-state index contributed by atoms with van der Waals surface area (Å²) in [5.74, 6) is 0.255. The molecule has 0 aliphatic carbocycles. The van der Waals surface area contributed by atoms with Crippen LogP contribution in [0.25, 0.3) is 0 Å². The molecule has 0 bridgehead atoms. The maximum atomic E-state index is 13.3. The lowest BCUT2D eigenvalue weighted by molar-refractivity contribution is 0.275. The topological polar surface area (TPSA) is 92.4 Å². The lowest BCUT2D eigenvalue weighted by atomic mass is 10.2. The third-order valence-electron chi connectivity index (χ3n) is 2.86. The lowest BCUT2D eigenvalue weighted by Gasteiger charge is -2.07. The smallest absolute Gasteiger partial charge is 0.241 e. The van der Waals surface area contributed by atoms with Crippen molar-refractivity contribution in [2.24, 2.45) is 0 Å². The molecule has 0 atom stereocenters. The number of sulfonamides is 1. The van der Waals surface area contributed by atoms with Gasteiger partial charge >= 0.3 is 0 Å². The van der Waals surface area contributed by atoms with Crippen molar-refractivity contribution in [3.05, 3.63) is 47.4 Å². The Labute approximate surface area is 121 Å². The summed E-state index contributed by atoms with van der Waals surface area (Å²) >= 11 is 0. The molecule has 0 fully saturated rings. The molecule has 6 nitrogen and oxygen atoms in total. The van der Waals surface area contributed by atoms with E-state index in [0.29, 0.717) is 12.2 Å². The molecule has 1 heterocycles. The quantitative estimate of drug-likeness (QED) is 0.839. The molecule has 0 aliphatic heterocycles. The van der Waals surface area contributed by atoms with E-state index < -0.39 is 22.4 Å². The van der Waals surface area contributed by atoms with E-state index in [4.69, 9.17) is 9.52 Å². The van der Waals surface area contributed by atoms with Crippen LogP contribution in [0.1, 0.15) is 24.1 Å². The van der Waals surface area contributed by atoms with Gasteiger partial charge in [-0.2, -0.15) is 0 Å². The number of rotatable bonds is 6. The van der Waals surface area contributed by atoms with Crippen molar-refractivity contribution in [3.63, 3.8) is 0 Å². The van der Waals surface area contributed by atoms with Crippen molar-refractivity contribution in [2.75, 3.05) is 0 Å². The molecule has 1 aromatic carbocycles. The molecule has 114 valence electrons. The van der Waals surface area contributed by atoms with Gasteiger partial charge in [0.05, 0.1) is 24.2 Å². The van der Waals surface area contributed by atoms with Gasteiger partial charge in [0.2, 0.25) is 15.9 Å². The number of halogens is 1.